The molecule has 2 aromatic carbocycles. The number of carbonyl (C=O) groups excluding carboxylic acids is 2. The van der Waals surface area contributed by atoms with Crippen molar-refractivity contribution in [3.63, 3.8) is 0 Å². The molecule has 0 heterocycles. The van der Waals surface area contributed by atoms with Crippen LogP contribution in [-0.4, -0.2) is 11.8 Å². The monoisotopic (exact) mass is 344 g/mol. The van der Waals surface area contributed by atoms with Crippen LogP contribution >= 0.6 is 0 Å². The topological polar surface area (TPSA) is 58.2 Å². The summed E-state index contributed by atoms with van der Waals surface area (Å²) in [6, 6.07) is 8.76. The van der Waals surface area contributed by atoms with Crippen LogP contribution in [0.2, 0.25) is 0 Å². The Hall–Kier alpha value is -2.76. The first-order valence-corrected chi connectivity index (χ1v) is 7.99. The van der Waals surface area contributed by atoms with Crippen LogP contribution in [-0.2, 0) is 9.59 Å². The predicted octanol–water partition coefficient (Wildman–Crippen LogP) is 3.79. The lowest BCUT2D eigenvalue weighted by atomic mass is 10.1. The van der Waals surface area contributed by atoms with Gasteiger partial charge in [0.15, 0.2) is 11.6 Å². The molecular weight excluding hydrogens is 326 g/mol. The molecule has 4 nitrogen and oxygen atoms in total. The lowest BCUT2D eigenvalue weighted by molar-refractivity contribution is -0.122. The van der Waals surface area contributed by atoms with Gasteiger partial charge in [0.2, 0.25) is 11.8 Å². The van der Waals surface area contributed by atoms with Gasteiger partial charge in [0.05, 0.1) is 11.8 Å². The molecule has 2 aromatic rings. The number of halogens is 2. The van der Waals surface area contributed by atoms with Crippen molar-refractivity contribution in [2.45, 2.75) is 20.3 Å². The van der Waals surface area contributed by atoms with E-state index in [1.54, 1.807) is 0 Å². The molecule has 1 saturated carbocycles. The fourth-order valence-corrected chi connectivity index (χ4v) is 2.64. The number of anilines is 2. The second kappa shape index (κ2) is 6.63. The number of nitrogens with one attached hydrogen (secondary N) is 2. The van der Waals surface area contributed by atoms with Gasteiger partial charge >= 0.3 is 0 Å². The fraction of sp³-hybridized carbons (Fsp3) is 0.263. The van der Waals surface area contributed by atoms with Crippen molar-refractivity contribution in [3.8, 4) is 0 Å². The van der Waals surface area contributed by atoms with E-state index in [9.17, 15) is 18.4 Å². The molecule has 1 aliphatic rings. The van der Waals surface area contributed by atoms with Crippen molar-refractivity contribution in [2.75, 3.05) is 10.6 Å². The molecule has 1 aliphatic carbocycles. The summed E-state index contributed by atoms with van der Waals surface area (Å²) in [4.78, 5) is 24.4. The summed E-state index contributed by atoms with van der Waals surface area (Å²) >= 11 is 0. The van der Waals surface area contributed by atoms with E-state index in [0.717, 1.165) is 23.3 Å². The average Bonchev–Trinajstić information content (AvgIpc) is 3.35. The van der Waals surface area contributed by atoms with Gasteiger partial charge in [-0.05, 0) is 55.7 Å². The Morgan fingerprint density at radius 1 is 0.840 bits per heavy atom. The van der Waals surface area contributed by atoms with E-state index in [1.807, 2.05) is 32.0 Å². The van der Waals surface area contributed by atoms with E-state index in [0.29, 0.717) is 12.1 Å². The van der Waals surface area contributed by atoms with Gasteiger partial charge in [-0.25, -0.2) is 8.78 Å². The molecule has 2 amide bonds. The fourth-order valence-electron chi connectivity index (χ4n) is 2.64. The number of hydrogen-bond acceptors (Lipinski definition) is 2. The first kappa shape index (κ1) is 17.1. The highest BCUT2D eigenvalue weighted by Crippen LogP contribution is 2.40. The van der Waals surface area contributed by atoms with Gasteiger partial charge in [0.25, 0.3) is 0 Å². The van der Waals surface area contributed by atoms with Crippen molar-refractivity contribution in [3.05, 3.63) is 59.2 Å². The summed E-state index contributed by atoms with van der Waals surface area (Å²) < 4.78 is 26.1. The lowest BCUT2D eigenvalue weighted by Crippen LogP contribution is -2.20. The first-order chi connectivity index (χ1) is 11.8. The Bertz CT molecular complexity index is 782. The summed E-state index contributed by atoms with van der Waals surface area (Å²) in [7, 11) is 0. The Labute approximate surface area is 144 Å². The van der Waals surface area contributed by atoms with Crippen molar-refractivity contribution in [1.29, 1.82) is 0 Å². The van der Waals surface area contributed by atoms with Gasteiger partial charge in [-0.3, -0.25) is 9.59 Å². The third-order valence-electron chi connectivity index (χ3n) is 4.43. The molecule has 0 radical (unpaired) electrons. The zero-order valence-electron chi connectivity index (χ0n) is 13.9. The quantitative estimate of drug-likeness (QED) is 0.886. The highest BCUT2D eigenvalue weighted by Gasteiger charge is 2.48. The van der Waals surface area contributed by atoms with E-state index in [-0.39, 0.29) is 17.5 Å². The zero-order valence-corrected chi connectivity index (χ0v) is 13.9. The number of rotatable bonds is 4. The molecule has 25 heavy (non-hydrogen) atoms. The van der Waals surface area contributed by atoms with E-state index < -0.39 is 23.5 Å². The summed E-state index contributed by atoms with van der Waals surface area (Å²) in [6.07, 6.45) is 0.437. The van der Waals surface area contributed by atoms with Gasteiger partial charge in [-0.15, -0.1) is 0 Å². The Morgan fingerprint density at radius 2 is 1.40 bits per heavy atom. The third kappa shape index (κ3) is 3.84. The second-order valence-corrected chi connectivity index (χ2v) is 6.36. The molecule has 130 valence electrons. The van der Waals surface area contributed by atoms with Crippen molar-refractivity contribution >= 4 is 23.2 Å². The van der Waals surface area contributed by atoms with Gasteiger partial charge in [0.1, 0.15) is 0 Å². The van der Waals surface area contributed by atoms with Crippen LogP contribution in [0.4, 0.5) is 20.2 Å². The van der Waals surface area contributed by atoms with Crippen LogP contribution in [0.3, 0.4) is 0 Å². The SMILES string of the molecule is Cc1ccc(NC(=O)C2CC2C(=O)Nc2ccc(F)c(F)c2)cc1C. The molecule has 0 spiro atoms. The summed E-state index contributed by atoms with van der Waals surface area (Å²) in [6.45, 7) is 3.95. The highest BCUT2D eigenvalue weighted by atomic mass is 19.2. The van der Waals surface area contributed by atoms with Crippen LogP contribution in [0, 0.1) is 37.3 Å². The predicted molar refractivity (Wildman–Crippen MR) is 91.1 cm³/mol. The maximum Gasteiger partial charge on any atom is 0.228 e. The maximum atomic E-state index is 13.2. The Morgan fingerprint density at radius 3 is 1.96 bits per heavy atom. The molecular formula is C19H18F2N2O2. The minimum atomic E-state index is -1.03. The Balaban J connectivity index is 1.57. The second-order valence-electron chi connectivity index (χ2n) is 6.36. The molecule has 6 heteroatoms. The van der Waals surface area contributed by atoms with Crippen LogP contribution < -0.4 is 10.6 Å². The average molecular weight is 344 g/mol. The van der Waals surface area contributed by atoms with Crippen molar-refractivity contribution in [1.82, 2.24) is 0 Å². The van der Waals surface area contributed by atoms with Crippen molar-refractivity contribution < 1.29 is 18.4 Å². The summed E-state index contributed by atoms with van der Waals surface area (Å²) in [5, 5.41) is 5.32. The van der Waals surface area contributed by atoms with Crippen LogP contribution in [0.5, 0.6) is 0 Å². The van der Waals surface area contributed by atoms with Crippen molar-refractivity contribution in [2.24, 2.45) is 11.8 Å². The minimum absolute atomic E-state index is 0.170. The number of hydrogen-bond donors (Lipinski definition) is 2. The minimum Gasteiger partial charge on any atom is -0.326 e. The van der Waals surface area contributed by atoms with E-state index >= 15 is 0 Å². The standard InChI is InChI=1S/C19H18F2N2O2/c1-10-3-4-12(7-11(10)2)22-18(24)14-9-15(14)19(25)23-13-5-6-16(20)17(21)8-13/h3-8,14-15H,9H2,1-2H3,(H,22,24)(H,23,25). The molecule has 0 saturated heterocycles. The van der Waals surface area contributed by atoms with Crippen LogP contribution in [0.1, 0.15) is 17.5 Å². The smallest absolute Gasteiger partial charge is 0.228 e. The molecule has 0 bridgehead atoms. The highest BCUT2D eigenvalue weighted by molar-refractivity contribution is 6.03. The largest absolute Gasteiger partial charge is 0.326 e. The van der Waals surface area contributed by atoms with E-state index in [4.69, 9.17) is 0 Å². The first-order valence-electron chi connectivity index (χ1n) is 7.99. The normalized spacial score (nSPS) is 18.6. The zero-order chi connectivity index (χ0) is 18.1. The van der Waals surface area contributed by atoms with Gasteiger partial charge in [-0.1, -0.05) is 6.07 Å². The molecule has 2 N–H and O–H groups in total. The van der Waals surface area contributed by atoms with Gasteiger partial charge in [0, 0.05) is 17.4 Å². The van der Waals surface area contributed by atoms with E-state index in [2.05, 4.69) is 10.6 Å². The lowest BCUT2D eigenvalue weighted by Gasteiger charge is -2.08. The number of aryl methyl sites for hydroxylation is 2. The molecule has 2 unspecified atom stereocenters. The molecule has 0 aliphatic heterocycles. The third-order valence-corrected chi connectivity index (χ3v) is 4.43. The van der Waals surface area contributed by atoms with Crippen LogP contribution in [0.15, 0.2) is 36.4 Å². The number of amides is 2. The molecule has 2 atom stereocenters. The van der Waals surface area contributed by atoms with Crippen LogP contribution in [0.25, 0.3) is 0 Å². The molecule has 0 aromatic heterocycles. The van der Waals surface area contributed by atoms with E-state index in [1.165, 1.54) is 6.07 Å². The number of benzene rings is 2. The van der Waals surface area contributed by atoms with Gasteiger partial charge in [-0.2, -0.15) is 0 Å². The summed E-state index contributed by atoms with van der Waals surface area (Å²) in [5.74, 6) is -3.46. The Kier molecular flexibility index (Phi) is 4.53. The molecule has 3 rings (SSSR count). The van der Waals surface area contributed by atoms with Gasteiger partial charge < -0.3 is 10.6 Å². The summed E-state index contributed by atoms with van der Waals surface area (Å²) in [5.41, 5.74) is 3.07. The number of carbonyl (C=O) groups is 2. The molecule has 1 fully saturated rings. The maximum absolute atomic E-state index is 13.2.